The molecule has 0 saturated heterocycles. The van der Waals surface area contributed by atoms with Gasteiger partial charge >= 0.3 is 0 Å². The number of pyridine rings is 1. The molecule has 0 fully saturated rings. The summed E-state index contributed by atoms with van der Waals surface area (Å²) < 4.78 is 0. The van der Waals surface area contributed by atoms with Crippen molar-refractivity contribution in [1.29, 1.82) is 0 Å². The minimum atomic E-state index is 0. The molecule has 55 valence electrons. The van der Waals surface area contributed by atoms with Crippen LogP contribution in [0.3, 0.4) is 0 Å². The number of anilines is 1. The van der Waals surface area contributed by atoms with Gasteiger partial charge in [0.05, 0.1) is 6.41 Å². The van der Waals surface area contributed by atoms with Crippen LogP contribution < -0.4 is 4.90 Å². The first-order valence-corrected chi connectivity index (χ1v) is 2.87. The van der Waals surface area contributed by atoms with Crippen LogP contribution in [-0.4, -0.2) is 18.4 Å². The monoisotopic (exact) mass is 224 g/mol. The molecule has 0 aromatic carbocycles. The molecule has 4 heteroatoms. The molecule has 1 heterocycles. The van der Waals surface area contributed by atoms with Gasteiger partial charge < -0.3 is 14.7 Å². The molecule has 3 nitrogen and oxygen atoms in total. The molecule has 1 amide bonds. The number of aromatic nitrogens is 1. The summed E-state index contributed by atoms with van der Waals surface area (Å²) in [5.74, 6) is 0.609. The van der Waals surface area contributed by atoms with E-state index in [0.29, 0.717) is 5.82 Å². The van der Waals surface area contributed by atoms with Crippen LogP contribution in [0.5, 0.6) is 0 Å². The molecule has 0 spiro atoms. The Morgan fingerprint density at radius 2 is 2.27 bits per heavy atom. The fourth-order valence-electron chi connectivity index (χ4n) is 0.599. The molecule has 0 saturated carbocycles. The molecule has 0 aliphatic rings. The van der Waals surface area contributed by atoms with Crippen molar-refractivity contribution in [2.75, 3.05) is 11.9 Å². The third-order valence-corrected chi connectivity index (χ3v) is 1.13. The van der Waals surface area contributed by atoms with Crippen LogP contribution in [0.4, 0.5) is 5.82 Å². The zero-order valence-corrected chi connectivity index (χ0v) is 9.03. The third-order valence-electron chi connectivity index (χ3n) is 1.13. The van der Waals surface area contributed by atoms with Crippen molar-refractivity contribution in [3.63, 3.8) is 0 Å². The fraction of sp³-hybridized carbons (Fsp3) is 0.143. The summed E-state index contributed by atoms with van der Waals surface area (Å²) in [6, 6.07) is 5.35. The Kier molecular flexibility index (Phi) is 5.25. The van der Waals surface area contributed by atoms with Crippen molar-refractivity contribution in [3.8, 4) is 0 Å². The molecule has 1 aromatic heterocycles. The minimum absolute atomic E-state index is 0. The first kappa shape index (κ1) is 10.7. The maximum atomic E-state index is 10.1. The summed E-state index contributed by atoms with van der Waals surface area (Å²) in [5, 5.41) is 0. The summed E-state index contributed by atoms with van der Waals surface area (Å²) in [7, 11) is 1.61. The van der Waals surface area contributed by atoms with E-state index in [1.807, 2.05) is 6.07 Å². The van der Waals surface area contributed by atoms with Gasteiger partial charge in [0.25, 0.3) is 0 Å². The van der Waals surface area contributed by atoms with Gasteiger partial charge in [0.2, 0.25) is 0 Å². The Labute approximate surface area is 90.7 Å². The van der Waals surface area contributed by atoms with Crippen LogP contribution >= 0.6 is 0 Å². The first-order valence-electron chi connectivity index (χ1n) is 2.87. The number of nitrogens with zero attached hydrogens (tertiary/aromatic N) is 2. The van der Waals surface area contributed by atoms with Crippen molar-refractivity contribution in [3.05, 3.63) is 24.4 Å². The molecule has 0 aliphatic heterocycles. The zero-order valence-electron chi connectivity index (χ0n) is 6.19. The molecule has 11 heavy (non-hydrogen) atoms. The molecule has 0 bridgehead atoms. The Morgan fingerprint density at radius 3 is 2.73 bits per heavy atom. The quantitative estimate of drug-likeness (QED) is 0.543. The molecular formula is C7H7N2OY-. The summed E-state index contributed by atoms with van der Waals surface area (Å²) in [6.07, 6.45) is 3.33. The van der Waals surface area contributed by atoms with E-state index in [-0.39, 0.29) is 32.7 Å². The summed E-state index contributed by atoms with van der Waals surface area (Å²) in [5.41, 5.74) is 0. The van der Waals surface area contributed by atoms with Crippen LogP contribution in [0.1, 0.15) is 0 Å². The van der Waals surface area contributed by atoms with Crippen molar-refractivity contribution >= 4 is 12.2 Å². The van der Waals surface area contributed by atoms with E-state index in [1.165, 1.54) is 4.90 Å². The van der Waals surface area contributed by atoms with E-state index in [0.717, 1.165) is 0 Å². The van der Waals surface area contributed by atoms with Crippen LogP contribution in [0, 0.1) is 0 Å². The fourth-order valence-corrected chi connectivity index (χ4v) is 0.599. The molecule has 1 aromatic rings. The average Bonchev–Trinajstić information content (AvgIpc) is 2.05. The maximum Gasteiger partial charge on any atom is 0.0728 e. The molecule has 1 radical (unpaired) electrons. The number of hydrogen-bond acceptors (Lipinski definition) is 2. The summed E-state index contributed by atoms with van der Waals surface area (Å²) in [6.45, 7) is 0. The Balaban J connectivity index is 0.000001000. The number of carbonyl (C=O) groups excluding carboxylic acids is 1. The number of rotatable bonds is 2. The Hall–Kier alpha value is -0.276. The molecule has 0 aliphatic carbocycles. The predicted octanol–water partition coefficient (Wildman–Crippen LogP) is 0.583. The van der Waals surface area contributed by atoms with E-state index < -0.39 is 0 Å². The van der Waals surface area contributed by atoms with Gasteiger partial charge in [0.1, 0.15) is 0 Å². The molecule has 0 unspecified atom stereocenters. The Morgan fingerprint density at radius 1 is 1.55 bits per heavy atom. The van der Waals surface area contributed by atoms with Gasteiger partial charge in [0.15, 0.2) is 0 Å². The second-order valence-corrected chi connectivity index (χ2v) is 1.84. The van der Waals surface area contributed by atoms with Gasteiger partial charge in [-0.05, 0) is 18.9 Å². The summed E-state index contributed by atoms with van der Waals surface area (Å²) >= 11 is 0. The minimum Gasteiger partial charge on any atom is -0.465 e. The van der Waals surface area contributed by atoms with Gasteiger partial charge in [-0.2, -0.15) is 0 Å². The van der Waals surface area contributed by atoms with E-state index in [1.54, 1.807) is 31.8 Å². The van der Waals surface area contributed by atoms with E-state index in [2.05, 4.69) is 4.98 Å². The van der Waals surface area contributed by atoms with Crippen LogP contribution in [0.25, 0.3) is 0 Å². The normalized spacial score (nSPS) is 8.09. The van der Waals surface area contributed by atoms with Crippen molar-refractivity contribution in [1.82, 2.24) is 4.98 Å². The number of hydrogen-bond donors (Lipinski definition) is 0. The zero-order chi connectivity index (χ0) is 7.40. The standard InChI is InChI=1S/C7H7N2O.Y/c1-9(6-10)7-4-2-3-5-8-7;/h2-5H,1H3;/q-1;. The van der Waals surface area contributed by atoms with E-state index in [9.17, 15) is 4.79 Å². The van der Waals surface area contributed by atoms with Crippen molar-refractivity contribution in [2.45, 2.75) is 0 Å². The molecular weight excluding hydrogens is 217 g/mol. The van der Waals surface area contributed by atoms with E-state index in [4.69, 9.17) is 0 Å². The second-order valence-electron chi connectivity index (χ2n) is 1.84. The largest absolute Gasteiger partial charge is 0.465 e. The van der Waals surface area contributed by atoms with Crippen LogP contribution in [-0.2, 0) is 37.5 Å². The maximum absolute atomic E-state index is 10.1. The van der Waals surface area contributed by atoms with E-state index >= 15 is 0 Å². The topological polar surface area (TPSA) is 33.2 Å². The smallest absolute Gasteiger partial charge is 0.0728 e. The second kappa shape index (κ2) is 5.38. The Bertz CT molecular complexity index is 215. The summed E-state index contributed by atoms with van der Waals surface area (Å²) in [4.78, 5) is 15.3. The molecule has 0 N–H and O–H groups in total. The van der Waals surface area contributed by atoms with Gasteiger partial charge in [0, 0.05) is 38.9 Å². The molecule has 0 atom stereocenters. The van der Waals surface area contributed by atoms with Crippen LogP contribution in [0.2, 0.25) is 0 Å². The van der Waals surface area contributed by atoms with Gasteiger partial charge in [-0.25, -0.2) is 0 Å². The van der Waals surface area contributed by atoms with Crippen molar-refractivity contribution in [2.24, 2.45) is 0 Å². The van der Waals surface area contributed by atoms with Crippen LogP contribution in [0.15, 0.2) is 24.4 Å². The first-order chi connectivity index (χ1) is 4.84. The molecule has 1 rings (SSSR count). The predicted molar refractivity (Wildman–Crippen MR) is 38.3 cm³/mol. The SMILES string of the molecule is CN([C-]=O)c1ccccn1.[Y]. The van der Waals surface area contributed by atoms with Crippen molar-refractivity contribution < 1.29 is 37.5 Å². The average molecular weight is 224 g/mol. The number of amides is 1. The van der Waals surface area contributed by atoms with Gasteiger partial charge in [-0.15, -0.1) is 6.07 Å². The van der Waals surface area contributed by atoms with Gasteiger partial charge in [-0.3, -0.25) is 0 Å². The third kappa shape index (κ3) is 3.08. The van der Waals surface area contributed by atoms with Gasteiger partial charge in [-0.1, -0.05) is 6.07 Å².